The van der Waals surface area contributed by atoms with Gasteiger partial charge in [0.15, 0.2) is 9.84 Å². The summed E-state index contributed by atoms with van der Waals surface area (Å²) in [6.45, 7) is 3.73. The third-order valence-corrected chi connectivity index (χ3v) is 4.86. The highest BCUT2D eigenvalue weighted by Gasteiger charge is 2.16. The van der Waals surface area contributed by atoms with E-state index in [0.717, 1.165) is 23.1 Å². The van der Waals surface area contributed by atoms with Gasteiger partial charge in [-0.15, -0.1) is 0 Å². The zero-order valence-corrected chi connectivity index (χ0v) is 16.8. The lowest BCUT2D eigenvalue weighted by Gasteiger charge is -2.18. The van der Waals surface area contributed by atoms with E-state index in [9.17, 15) is 18.0 Å². The Bertz CT molecular complexity index is 968. The fourth-order valence-electron chi connectivity index (χ4n) is 2.66. The molecule has 0 saturated heterocycles. The van der Waals surface area contributed by atoms with E-state index in [1.165, 1.54) is 11.9 Å². The Kier molecular flexibility index (Phi) is 6.38. The number of sulfone groups is 1. The van der Waals surface area contributed by atoms with Crippen molar-refractivity contribution < 1.29 is 18.0 Å². The highest BCUT2D eigenvalue weighted by molar-refractivity contribution is 7.89. The molecule has 0 aliphatic heterocycles. The van der Waals surface area contributed by atoms with Crippen molar-refractivity contribution >= 4 is 27.3 Å². The first-order valence-electron chi connectivity index (χ1n) is 8.44. The van der Waals surface area contributed by atoms with Crippen molar-refractivity contribution in [2.24, 2.45) is 0 Å². The van der Waals surface area contributed by atoms with E-state index in [2.05, 4.69) is 5.32 Å². The lowest BCUT2D eigenvalue weighted by Crippen LogP contribution is -2.35. The number of hydrogen-bond acceptors (Lipinski definition) is 4. The lowest BCUT2D eigenvalue weighted by molar-refractivity contribution is -0.116. The molecule has 2 aromatic carbocycles. The SMILES string of the molecule is Cc1ccc(C)c(NC(=O)CN(C)C(=O)c2cccc(CS(C)(=O)=O)c2)c1. The van der Waals surface area contributed by atoms with Crippen molar-refractivity contribution in [2.45, 2.75) is 19.6 Å². The number of nitrogens with zero attached hydrogens (tertiary/aromatic N) is 1. The number of rotatable bonds is 6. The maximum absolute atomic E-state index is 12.6. The van der Waals surface area contributed by atoms with Gasteiger partial charge in [0.05, 0.1) is 12.3 Å². The molecular formula is C20H24N2O4S. The Balaban J connectivity index is 2.06. The first-order chi connectivity index (χ1) is 12.5. The number of carbonyl (C=O) groups is 2. The van der Waals surface area contributed by atoms with Gasteiger partial charge in [0.1, 0.15) is 0 Å². The van der Waals surface area contributed by atoms with Gasteiger partial charge in [-0.05, 0) is 48.7 Å². The van der Waals surface area contributed by atoms with E-state index >= 15 is 0 Å². The summed E-state index contributed by atoms with van der Waals surface area (Å²) in [6, 6.07) is 12.2. The summed E-state index contributed by atoms with van der Waals surface area (Å²) < 4.78 is 22.9. The number of hydrogen-bond donors (Lipinski definition) is 1. The van der Waals surface area contributed by atoms with Crippen LogP contribution in [0.5, 0.6) is 0 Å². The Labute approximate surface area is 160 Å². The Morgan fingerprint density at radius 1 is 1.07 bits per heavy atom. The molecule has 0 fully saturated rings. The minimum absolute atomic E-state index is 0.109. The van der Waals surface area contributed by atoms with Crippen LogP contribution in [-0.2, 0) is 20.4 Å². The van der Waals surface area contributed by atoms with Crippen molar-refractivity contribution in [3.05, 3.63) is 64.7 Å². The first kappa shape index (κ1) is 20.6. The Morgan fingerprint density at radius 3 is 2.44 bits per heavy atom. The average molecular weight is 388 g/mol. The number of aryl methyl sites for hydroxylation is 2. The van der Waals surface area contributed by atoms with Gasteiger partial charge in [0.25, 0.3) is 5.91 Å². The molecule has 7 heteroatoms. The Hall–Kier alpha value is -2.67. The summed E-state index contributed by atoms with van der Waals surface area (Å²) >= 11 is 0. The van der Waals surface area contributed by atoms with E-state index in [1.54, 1.807) is 24.3 Å². The quantitative estimate of drug-likeness (QED) is 0.824. The van der Waals surface area contributed by atoms with Gasteiger partial charge in [-0.1, -0.05) is 24.3 Å². The van der Waals surface area contributed by atoms with Crippen molar-refractivity contribution in [2.75, 3.05) is 25.2 Å². The summed E-state index contributed by atoms with van der Waals surface area (Å²) in [5, 5.41) is 2.82. The minimum atomic E-state index is -3.19. The molecule has 27 heavy (non-hydrogen) atoms. The van der Waals surface area contributed by atoms with E-state index in [-0.39, 0.29) is 24.1 Å². The molecule has 0 aromatic heterocycles. The molecule has 2 aromatic rings. The summed E-state index contributed by atoms with van der Waals surface area (Å²) in [5.41, 5.74) is 3.57. The van der Waals surface area contributed by atoms with Crippen LogP contribution in [0.15, 0.2) is 42.5 Å². The number of benzene rings is 2. The topological polar surface area (TPSA) is 83.6 Å². The number of amides is 2. The molecule has 0 atom stereocenters. The molecule has 1 N–H and O–H groups in total. The van der Waals surface area contributed by atoms with Crippen LogP contribution in [0.4, 0.5) is 5.69 Å². The summed E-state index contributed by atoms with van der Waals surface area (Å²) in [4.78, 5) is 26.2. The zero-order chi connectivity index (χ0) is 20.2. The molecule has 2 rings (SSSR count). The molecule has 0 unspecified atom stereocenters. The van der Waals surface area contributed by atoms with Gasteiger partial charge in [-0.25, -0.2) is 8.42 Å². The fraction of sp³-hybridized carbons (Fsp3) is 0.300. The monoisotopic (exact) mass is 388 g/mol. The largest absolute Gasteiger partial charge is 0.332 e. The second-order valence-corrected chi connectivity index (χ2v) is 8.94. The van der Waals surface area contributed by atoms with Crippen LogP contribution in [-0.4, -0.2) is 45.0 Å². The van der Waals surface area contributed by atoms with Gasteiger partial charge >= 0.3 is 0 Å². The summed E-state index contributed by atoms with van der Waals surface area (Å²) in [6.07, 6.45) is 1.14. The second-order valence-electron chi connectivity index (χ2n) is 6.80. The van der Waals surface area contributed by atoms with Gasteiger partial charge < -0.3 is 10.2 Å². The fourth-order valence-corrected chi connectivity index (χ4v) is 3.45. The van der Waals surface area contributed by atoms with E-state index in [4.69, 9.17) is 0 Å². The van der Waals surface area contributed by atoms with Crippen molar-refractivity contribution in [1.29, 1.82) is 0 Å². The summed E-state index contributed by atoms with van der Waals surface area (Å²) in [5.74, 6) is -0.779. The molecule has 2 amide bonds. The number of nitrogens with one attached hydrogen (secondary N) is 1. The molecule has 0 bridgehead atoms. The van der Waals surface area contributed by atoms with Crippen molar-refractivity contribution in [3.8, 4) is 0 Å². The van der Waals surface area contributed by atoms with Gasteiger partial charge in [-0.2, -0.15) is 0 Å². The van der Waals surface area contributed by atoms with Crippen LogP contribution in [0.25, 0.3) is 0 Å². The van der Waals surface area contributed by atoms with Crippen LogP contribution in [0.1, 0.15) is 27.0 Å². The molecule has 144 valence electrons. The lowest BCUT2D eigenvalue weighted by atomic mass is 10.1. The second kappa shape index (κ2) is 8.35. The standard InChI is InChI=1S/C20H24N2O4S/c1-14-8-9-15(2)18(10-14)21-19(23)12-22(3)20(24)17-7-5-6-16(11-17)13-27(4,25)26/h5-11H,12-13H2,1-4H3,(H,21,23). The van der Waals surface area contributed by atoms with Gasteiger partial charge in [0, 0.05) is 24.6 Å². The van der Waals surface area contributed by atoms with Crippen LogP contribution in [0.2, 0.25) is 0 Å². The Morgan fingerprint density at radius 2 is 1.78 bits per heavy atom. The normalized spacial score (nSPS) is 11.1. The smallest absolute Gasteiger partial charge is 0.254 e. The summed E-state index contributed by atoms with van der Waals surface area (Å²) in [7, 11) is -1.65. The number of carbonyl (C=O) groups excluding carboxylic acids is 2. The molecule has 0 heterocycles. The highest BCUT2D eigenvalue weighted by atomic mass is 32.2. The number of likely N-dealkylation sites (N-methyl/N-ethyl adjacent to an activating group) is 1. The van der Waals surface area contributed by atoms with Crippen molar-refractivity contribution in [1.82, 2.24) is 4.90 Å². The van der Waals surface area contributed by atoms with Crippen LogP contribution < -0.4 is 5.32 Å². The third-order valence-electron chi connectivity index (χ3n) is 4.00. The predicted octanol–water partition coefficient (Wildman–Crippen LogP) is 2.56. The van der Waals surface area contributed by atoms with Crippen LogP contribution >= 0.6 is 0 Å². The highest BCUT2D eigenvalue weighted by Crippen LogP contribution is 2.16. The van der Waals surface area contributed by atoms with E-state index < -0.39 is 9.84 Å². The van der Waals surface area contributed by atoms with Gasteiger partial charge in [-0.3, -0.25) is 9.59 Å². The number of anilines is 1. The molecule has 0 aliphatic rings. The average Bonchev–Trinajstić information content (AvgIpc) is 2.56. The molecule has 0 spiro atoms. The van der Waals surface area contributed by atoms with Crippen LogP contribution in [0.3, 0.4) is 0 Å². The van der Waals surface area contributed by atoms with E-state index in [1.807, 2.05) is 32.0 Å². The molecule has 0 radical (unpaired) electrons. The maximum atomic E-state index is 12.6. The minimum Gasteiger partial charge on any atom is -0.332 e. The van der Waals surface area contributed by atoms with E-state index in [0.29, 0.717) is 11.1 Å². The zero-order valence-electron chi connectivity index (χ0n) is 15.9. The molecule has 0 aliphatic carbocycles. The molecule has 6 nitrogen and oxygen atoms in total. The first-order valence-corrected chi connectivity index (χ1v) is 10.5. The third kappa shape index (κ3) is 6.21. The van der Waals surface area contributed by atoms with Gasteiger partial charge in [0.2, 0.25) is 5.91 Å². The predicted molar refractivity (Wildman–Crippen MR) is 106 cm³/mol. The van der Waals surface area contributed by atoms with Crippen molar-refractivity contribution in [3.63, 3.8) is 0 Å². The molecule has 0 saturated carbocycles. The van der Waals surface area contributed by atoms with Crippen LogP contribution in [0, 0.1) is 13.8 Å². The maximum Gasteiger partial charge on any atom is 0.254 e. The molecular weight excluding hydrogens is 364 g/mol.